The van der Waals surface area contributed by atoms with Crippen molar-refractivity contribution < 1.29 is 27.5 Å². The highest BCUT2D eigenvalue weighted by Crippen LogP contribution is 2.34. The lowest BCUT2D eigenvalue weighted by molar-refractivity contribution is -0.125. The monoisotopic (exact) mass is 437 g/mol. The van der Waals surface area contributed by atoms with Gasteiger partial charge in [-0.1, -0.05) is 18.6 Å². The standard InChI is InChI=1S/C20H27N3O6S/c21-18(25)20(9-12-29-13-10-20)30(27,28)16-7-5-15(6-8-16)4-2-1-3-11-23-17(24)14-22-19(23)26/h5-8H,1-4,9-14H2,(H2,21,25)(H,22,26). The first-order valence-corrected chi connectivity index (χ1v) is 11.6. The van der Waals surface area contributed by atoms with Crippen LogP contribution in [0.3, 0.4) is 0 Å². The first kappa shape index (κ1) is 22.2. The molecular weight excluding hydrogens is 410 g/mol. The van der Waals surface area contributed by atoms with E-state index in [9.17, 15) is 22.8 Å². The van der Waals surface area contributed by atoms with Gasteiger partial charge in [-0.2, -0.15) is 0 Å². The molecule has 2 aliphatic heterocycles. The number of hydrogen-bond donors (Lipinski definition) is 2. The molecule has 3 rings (SSSR count). The normalized spacial score (nSPS) is 19.0. The summed E-state index contributed by atoms with van der Waals surface area (Å²) in [4.78, 5) is 36.3. The van der Waals surface area contributed by atoms with Crippen molar-refractivity contribution >= 4 is 27.7 Å². The van der Waals surface area contributed by atoms with Gasteiger partial charge in [0.15, 0.2) is 14.6 Å². The number of amides is 4. The van der Waals surface area contributed by atoms with Crippen molar-refractivity contribution in [2.45, 2.75) is 48.2 Å². The molecule has 0 aromatic heterocycles. The topological polar surface area (TPSA) is 136 Å². The van der Waals surface area contributed by atoms with Crippen molar-refractivity contribution in [2.24, 2.45) is 5.73 Å². The van der Waals surface area contributed by atoms with E-state index in [2.05, 4.69) is 5.32 Å². The van der Waals surface area contributed by atoms with E-state index in [1.807, 2.05) is 0 Å². The molecule has 2 fully saturated rings. The first-order chi connectivity index (χ1) is 14.3. The van der Waals surface area contributed by atoms with E-state index in [1.165, 1.54) is 17.0 Å². The number of benzene rings is 1. The van der Waals surface area contributed by atoms with Gasteiger partial charge in [-0.3, -0.25) is 14.5 Å². The largest absolute Gasteiger partial charge is 0.381 e. The van der Waals surface area contributed by atoms with Crippen LogP contribution in [0.25, 0.3) is 0 Å². The summed E-state index contributed by atoms with van der Waals surface area (Å²) < 4.78 is 29.8. The zero-order valence-electron chi connectivity index (χ0n) is 16.8. The number of urea groups is 1. The molecule has 2 heterocycles. The van der Waals surface area contributed by atoms with Crippen LogP contribution in [-0.2, 0) is 30.6 Å². The number of nitrogens with two attached hydrogens (primary N) is 1. The van der Waals surface area contributed by atoms with E-state index in [1.54, 1.807) is 12.1 Å². The fourth-order valence-electron chi connectivity index (χ4n) is 3.87. The third kappa shape index (κ3) is 4.34. The number of carbonyl (C=O) groups excluding carboxylic acids is 3. The van der Waals surface area contributed by atoms with E-state index < -0.39 is 20.5 Å². The van der Waals surface area contributed by atoms with Crippen LogP contribution >= 0.6 is 0 Å². The Labute approximate surface area is 175 Å². The molecule has 4 amide bonds. The van der Waals surface area contributed by atoms with Gasteiger partial charge in [0.05, 0.1) is 11.4 Å². The van der Waals surface area contributed by atoms with E-state index >= 15 is 0 Å². The average Bonchev–Trinajstić information content (AvgIpc) is 3.06. The Morgan fingerprint density at radius 2 is 1.77 bits per heavy atom. The maximum Gasteiger partial charge on any atom is 0.324 e. The summed E-state index contributed by atoms with van der Waals surface area (Å²) in [6, 6.07) is 6.21. The van der Waals surface area contributed by atoms with Crippen LogP contribution in [-0.4, -0.2) is 62.2 Å². The molecule has 164 valence electrons. The van der Waals surface area contributed by atoms with Gasteiger partial charge in [-0.25, -0.2) is 13.2 Å². The molecule has 0 atom stereocenters. The smallest absolute Gasteiger partial charge is 0.324 e. The minimum absolute atomic E-state index is 0.0595. The summed E-state index contributed by atoms with van der Waals surface area (Å²) in [5, 5.41) is 2.49. The summed E-state index contributed by atoms with van der Waals surface area (Å²) in [5.74, 6) is -1.03. The summed E-state index contributed by atoms with van der Waals surface area (Å²) in [6.07, 6.45) is 3.26. The van der Waals surface area contributed by atoms with Crippen molar-refractivity contribution in [3.63, 3.8) is 0 Å². The van der Waals surface area contributed by atoms with Gasteiger partial charge in [0.1, 0.15) is 0 Å². The molecule has 10 heteroatoms. The lowest BCUT2D eigenvalue weighted by Crippen LogP contribution is -2.53. The van der Waals surface area contributed by atoms with Gasteiger partial charge in [0.25, 0.3) is 0 Å². The van der Waals surface area contributed by atoms with Crippen LogP contribution in [0.1, 0.15) is 37.7 Å². The zero-order valence-corrected chi connectivity index (χ0v) is 17.6. The molecule has 9 nitrogen and oxygen atoms in total. The third-order valence-electron chi connectivity index (χ3n) is 5.78. The number of ether oxygens (including phenoxy) is 1. The molecule has 0 radical (unpaired) electrons. The molecule has 1 aromatic rings. The highest BCUT2D eigenvalue weighted by atomic mass is 32.2. The Hall–Kier alpha value is -2.46. The van der Waals surface area contributed by atoms with E-state index in [-0.39, 0.29) is 49.4 Å². The Morgan fingerprint density at radius 1 is 1.10 bits per heavy atom. The highest BCUT2D eigenvalue weighted by molar-refractivity contribution is 7.93. The van der Waals surface area contributed by atoms with Crippen LogP contribution in [0.4, 0.5) is 4.79 Å². The van der Waals surface area contributed by atoms with Crippen LogP contribution < -0.4 is 11.1 Å². The number of carbonyl (C=O) groups is 3. The number of nitrogens with zero attached hydrogens (tertiary/aromatic N) is 1. The Balaban J connectivity index is 1.55. The number of aryl methyl sites for hydroxylation is 1. The molecular formula is C20H27N3O6S. The number of hydrogen-bond acceptors (Lipinski definition) is 6. The van der Waals surface area contributed by atoms with Crippen LogP contribution in [0.5, 0.6) is 0 Å². The highest BCUT2D eigenvalue weighted by Gasteiger charge is 2.51. The lowest BCUT2D eigenvalue weighted by Gasteiger charge is -2.33. The fraction of sp³-hybridized carbons (Fsp3) is 0.550. The predicted octanol–water partition coefficient (Wildman–Crippen LogP) is 0.759. The summed E-state index contributed by atoms with van der Waals surface area (Å²) in [5.41, 5.74) is 6.46. The number of primary amides is 1. The van der Waals surface area contributed by atoms with Gasteiger partial charge < -0.3 is 15.8 Å². The summed E-state index contributed by atoms with van der Waals surface area (Å²) in [6.45, 7) is 0.842. The van der Waals surface area contributed by atoms with Crippen LogP contribution in [0, 0.1) is 0 Å². The van der Waals surface area contributed by atoms with Crippen molar-refractivity contribution in [3.05, 3.63) is 29.8 Å². The van der Waals surface area contributed by atoms with E-state index in [0.29, 0.717) is 6.54 Å². The van der Waals surface area contributed by atoms with Crippen LogP contribution in [0.2, 0.25) is 0 Å². The average molecular weight is 438 g/mol. The van der Waals surface area contributed by atoms with Gasteiger partial charge in [0.2, 0.25) is 11.8 Å². The molecule has 1 aromatic carbocycles. The molecule has 2 saturated heterocycles. The second kappa shape index (κ2) is 9.13. The number of unbranched alkanes of at least 4 members (excludes halogenated alkanes) is 2. The third-order valence-corrected chi connectivity index (χ3v) is 8.31. The van der Waals surface area contributed by atoms with Crippen molar-refractivity contribution in [1.82, 2.24) is 10.2 Å². The Morgan fingerprint density at radius 3 is 2.33 bits per heavy atom. The van der Waals surface area contributed by atoms with Crippen molar-refractivity contribution in [2.75, 3.05) is 26.3 Å². The van der Waals surface area contributed by atoms with Crippen LogP contribution in [0.15, 0.2) is 29.2 Å². The molecule has 30 heavy (non-hydrogen) atoms. The van der Waals surface area contributed by atoms with Gasteiger partial charge in [0, 0.05) is 19.8 Å². The van der Waals surface area contributed by atoms with Crippen molar-refractivity contribution in [1.29, 1.82) is 0 Å². The second-order valence-electron chi connectivity index (χ2n) is 7.63. The molecule has 0 bridgehead atoms. The molecule has 0 saturated carbocycles. The molecule has 0 unspecified atom stereocenters. The predicted molar refractivity (Wildman–Crippen MR) is 108 cm³/mol. The Bertz CT molecular complexity index is 891. The molecule has 3 N–H and O–H groups in total. The minimum atomic E-state index is -3.92. The zero-order chi connectivity index (χ0) is 21.8. The lowest BCUT2D eigenvalue weighted by atomic mass is 9.98. The number of nitrogens with one attached hydrogen (secondary N) is 1. The number of imide groups is 1. The van der Waals surface area contributed by atoms with Gasteiger partial charge >= 0.3 is 6.03 Å². The quantitative estimate of drug-likeness (QED) is 0.432. The second-order valence-corrected chi connectivity index (χ2v) is 9.89. The molecule has 0 aliphatic carbocycles. The van der Waals surface area contributed by atoms with Gasteiger partial charge in [-0.05, 0) is 49.8 Å². The van der Waals surface area contributed by atoms with Gasteiger partial charge in [-0.15, -0.1) is 0 Å². The SMILES string of the molecule is NC(=O)C1(S(=O)(=O)c2ccc(CCCCCN3C(=O)CNC3=O)cc2)CCOCC1. The van der Waals surface area contributed by atoms with Crippen molar-refractivity contribution in [3.8, 4) is 0 Å². The van der Waals surface area contributed by atoms with E-state index in [0.717, 1.165) is 31.2 Å². The Kier molecular flexibility index (Phi) is 6.77. The molecule has 0 spiro atoms. The summed E-state index contributed by atoms with van der Waals surface area (Å²) >= 11 is 0. The van der Waals surface area contributed by atoms with E-state index in [4.69, 9.17) is 10.5 Å². The maximum atomic E-state index is 13.1. The fourth-order valence-corrected chi connectivity index (χ4v) is 5.78. The molecule has 2 aliphatic rings. The first-order valence-electron chi connectivity index (χ1n) is 10.1. The maximum absolute atomic E-state index is 13.1. The number of sulfone groups is 1. The minimum Gasteiger partial charge on any atom is -0.381 e. The number of rotatable bonds is 9. The summed E-state index contributed by atoms with van der Waals surface area (Å²) in [7, 11) is -3.92.